The summed E-state index contributed by atoms with van der Waals surface area (Å²) in [4.78, 5) is 36.1. The van der Waals surface area contributed by atoms with E-state index in [1.807, 2.05) is 32.0 Å². The summed E-state index contributed by atoms with van der Waals surface area (Å²) >= 11 is 0. The first-order chi connectivity index (χ1) is 18.9. The summed E-state index contributed by atoms with van der Waals surface area (Å²) in [6, 6.07) is 10.1. The van der Waals surface area contributed by atoms with Gasteiger partial charge in [0.05, 0.1) is 12.3 Å². The maximum Gasteiger partial charge on any atom is 0.253 e. The van der Waals surface area contributed by atoms with Gasteiger partial charge in [0.25, 0.3) is 11.5 Å². The van der Waals surface area contributed by atoms with E-state index < -0.39 is 0 Å². The summed E-state index contributed by atoms with van der Waals surface area (Å²) in [5.41, 5.74) is 7.05. The maximum atomic E-state index is 13.7. The Kier molecular flexibility index (Phi) is 9.54. The number of ether oxygens (including phenoxy) is 1. The summed E-state index contributed by atoms with van der Waals surface area (Å²) in [6.45, 7) is 10.4. The third-order valence-electron chi connectivity index (χ3n) is 7.53. The molecule has 3 aromatic rings. The number of anilines is 1. The summed E-state index contributed by atoms with van der Waals surface area (Å²) in [5.74, 6) is -0.221. The fraction of sp³-hybridized carbons (Fsp3) is 0.452. The monoisotopic (exact) mass is 532 g/mol. The Labute approximate surface area is 230 Å². The lowest BCUT2D eigenvalue weighted by Crippen LogP contribution is -2.40. The van der Waals surface area contributed by atoms with E-state index in [9.17, 15) is 14.7 Å². The molecule has 1 amide bonds. The molecule has 8 heteroatoms. The van der Waals surface area contributed by atoms with Gasteiger partial charge in [-0.05, 0) is 81.0 Å². The number of hydrogen-bond donors (Lipinski definition) is 3. The van der Waals surface area contributed by atoms with Crippen molar-refractivity contribution in [2.75, 3.05) is 24.7 Å². The Hall–Kier alpha value is -3.49. The van der Waals surface area contributed by atoms with Crippen molar-refractivity contribution in [1.29, 1.82) is 0 Å². The average molecular weight is 533 g/mol. The SMILES string of the molecule is CCCc1cc(C)[nH]c(=O)c1CNC(=O)c1cc(-c2ccc(CO)nc2)cc(N(CC)C2CCOCC2)c1C. The molecule has 2 aromatic heterocycles. The number of carbonyl (C=O) groups excluding carboxylic acids is 1. The van der Waals surface area contributed by atoms with Gasteiger partial charge in [-0.2, -0.15) is 0 Å². The van der Waals surface area contributed by atoms with E-state index in [0.29, 0.717) is 22.9 Å². The zero-order valence-electron chi connectivity index (χ0n) is 23.5. The Bertz CT molecular complexity index is 1340. The second-order valence-corrected chi connectivity index (χ2v) is 10.2. The van der Waals surface area contributed by atoms with Gasteiger partial charge < -0.3 is 25.0 Å². The highest BCUT2D eigenvalue weighted by atomic mass is 16.5. The van der Waals surface area contributed by atoms with E-state index in [2.05, 4.69) is 40.1 Å². The van der Waals surface area contributed by atoms with Gasteiger partial charge in [-0.1, -0.05) is 19.4 Å². The molecule has 208 valence electrons. The highest BCUT2D eigenvalue weighted by Crippen LogP contribution is 2.33. The number of nitrogens with one attached hydrogen (secondary N) is 2. The lowest BCUT2D eigenvalue weighted by Gasteiger charge is -2.37. The molecule has 1 aliphatic heterocycles. The summed E-state index contributed by atoms with van der Waals surface area (Å²) in [6.07, 6.45) is 5.29. The molecule has 0 unspecified atom stereocenters. The van der Waals surface area contributed by atoms with Crippen molar-refractivity contribution in [3.05, 3.63) is 80.5 Å². The van der Waals surface area contributed by atoms with Crippen LogP contribution in [-0.4, -0.2) is 46.8 Å². The molecule has 3 heterocycles. The number of aromatic amines is 1. The van der Waals surface area contributed by atoms with E-state index in [1.54, 1.807) is 12.3 Å². The Morgan fingerprint density at radius 1 is 1.15 bits per heavy atom. The summed E-state index contributed by atoms with van der Waals surface area (Å²) < 4.78 is 5.61. The van der Waals surface area contributed by atoms with Crippen molar-refractivity contribution >= 4 is 11.6 Å². The second kappa shape index (κ2) is 13.0. The molecule has 0 spiro atoms. The van der Waals surface area contributed by atoms with Crippen molar-refractivity contribution in [3.8, 4) is 11.1 Å². The normalized spacial score (nSPS) is 13.9. The minimum Gasteiger partial charge on any atom is -0.390 e. The standard InChI is InChI=1S/C31H40N4O4/c1-5-7-22-14-20(3)34-31(38)28(22)18-33-30(37)27-15-24(23-8-9-25(19-36)32-17-23)16-29(21(27)4)35(6-2)26-10-12-39-13-11-26/h8-9,14-17,26,36H,5-7,10-13,18-19H2,1-4H3,(H,33,37)(H,34,38). The molecular formula is C31H40N4O4. The predicted molar refractivity (Wildman–Crippen MR) is 154 cm³/mol. The van der Waals surface area contributed by atoms with Crippen LogP contribution < -0.4 is 15.8 Å². The largest absolute Gasteiger partial charge is 0.390 e. The van der Waals surface area contributed by atoms with Crippen LogP contribution in [0, 0.1) is 13.8 Å². The van der Waals surface area contributed by atoms with E-state index in [-0.39, 0.29) is 24.6 Å². The van der Waals surface area contributed by atoms with Crippen LogP contribution in [0.15, 0.2) is 41.3 Å². The lowest BCUT2D eigenvalue weighted by atomic mass is 9.95. The number of nitrogens with zero attached hydrogens (tertiary/aromatic N) is 2. The Morgan fingerprint density at radius 3 is 2.56 bits per heavy atom. The zero-order valence-corrected chi connectivity index (χ0v) is 23.5. The average Bonchev–Trinajstić information content (AvgIpc) is 2.94. The van der Waals surface area contributed by atoms with Crippen LogP contribution in [-0.2, 0) is 24.3 Å². The molecule has 1 saturated heterocycles. The van der Waals surface area contributed by atoms with Crippen LogP contribution in [0.5, 0.6) is 0 Å². The maximum absolute atomic E-state index is 13.7. The van der Waals surface area contributed by atoms with Crippen molar-refractivity contribution in [2.45, 2.75) is 72.6 Å². The molecule has 39 heavy (non-hydrogen) atoms. The van der Waals surface area contributed by atoms with Crippen LogP contribution in [0.1, 0.15) is 71.5 Å². The number of aromatic nitrogens is 2. The first-order valence-electron chi connectivity index (χ1n) is 13.9. The number of benzene rings is 1. The van der Waals surface area contributed by atoms with E-state index in [0.717, 1.165) is 79.1 Å². The van der Waals surface area contributed by atoms with Crippen LogP contribution >= 0.6 is 0 Å². The number of aliphatic hydroxyl groups excluding tert-OH is 1. The van der Waals surface area contributed by atoms with Crippen molar-refractivity contribution in [2.24, 2.45) is 0 Å². The third-order valence-corrected chi connectivity index (χ3v) is 7.53. The Morgan fingerprint density at radius 2 is 1.92 bits per heavy atom. The van der Waals surface area contributed by atoms with Gasteiger partial charge in [-0.3, -0.25) is 14.6 Å². The first-order valence-corrected chi connectivity index (χ1v) is 13.9. The van der Waals surface area contributed by atoms with E-state index >= 15 is 0 Å². The zero-order chi connectivity index (χ0) is 27.9. The molecule has 4 rings (SSSR count). The smallest absolute Gasteiger partial charge is 0.253 e. The number of aryl methyl sites for hydroxylation is 2. The number of rotatable bonds is 10. The quantitative estimate of drug-likeness (QED) is 0.357. The van der Waals surface area contributed by atoms with Gasteiger partial charge in [0.15, 0.2) is 0 Å². The molecule has 0 bridgehead atoms. The van der Waals surface area contributed by atoms with Crippen molar-refractivity contribution < 1.29 is 14.6 Å². The number of hydrogen-bond acceptors (Lipinski definition) is 6. The number of amides is 1. The second-order valence-electron chi connectivity index (χ2n) is 10.2. The van der Waals surface area contributed by atoms with Crippen LogP contribution in [0.25, 0.3) is 11.1 Å². The first kappa shape index (κ1) is 28.5. The third kappa shape index (κ3) is 6.57. The number of pyridine rings is 2. The molecule has 1 aliphatic rings. The topological polar surface area (TPSA) is 108 Å². The van der Waals surface area contributed by atoms with Crippen LogP contribution in [0.2, 0.25) is 0 Å². The van der Waals surface area contributed by atoms with Gasteiger partial charge in [0.2, 0.25) is 0 Å². The number of carbonyl (C=O) groups is 1. The van der Waals surface area contributed by atoms with Crippen LogP contribution in [0.3, 0.4) is 0 Å². The number of aliphatic hydroxyl groups is 1. The molecule has 3 N–H and O–H groups in total. The molecular weight excluding hydrogens is 492 g/mol. The molecule has 1 fully saturated rings. The van der Waals surface area contributed by atoms with Gasteiger partial charge in [0, 0.05) is 66.6 Å². The van der Waals surface area contributed by atoms with Gasteiger partial charge in [-0.15, -0.1) is 0 Å². The lowest BCUT2D eigenvalue weighted by molar-refractivity contribution is 0.0846. The van der Waals surface area contributed by atoms with Crippen molar-refractivity contribution in [1.82, 2.24) is 15.3 Å². The van der Waals surface area contributed by atoms with Gasteiger partial charge >= 0.3 is 0 Å². The van der Waals surface area contributed by atoms with E-state index in [1.165, 1.54) is 0 Å². The van der Waals surface area contributed by atoms with Crippen LogP contribution in [0.4, 0.5) is 5.69 Å². The van der Waals surface area contributed by atoms with Crippen molar-refractivity contribution in [3.63, 3.8) is 0 Å². The molecule has 0 aliphatic carbocycles. The molecule has 0 saturated carbocycles. The summed E-state index contributed by atoms with van der Waals surface area (Å²) in [7, 11) is 0. The molecule has 0 atom stereocenters. The minimum absolute atomic E-state index is 0.126. The Balaban J connectivity index is 1.73. The fourth-order valence-corrected chi connectivity index (χ4v) is 5.45. The number of H-pyrrole nitrogens is 1. The van der Waals surface area contributed by atoms with Gasteiger partial charge in [0.1, 0.15) is 0 Å². The molecule has 0 radical (unpaired) electrons. The molecule has 8 nitrogen and oxygen atoms in total. The van der Waals surface area contributed by atoms with Gasteiger partial charge in [-0.25, -0.2) is 0 Å². The highest BCUT2D eigenvalue weighted by Gasteiger charge is 2.25. The van der Waals surface area contributed by atoms with E-state index in [4.69, 9.17) is 4.74 Å². The summed E-state index contributed by atoms with van der Waals surface area (Å²) in [5, 5.41) is 12.5. The minimum atomic E-state index is -0.221. The molecule has 1 aromatic carbocycles. The predicted octanol–water partition coefficient (Wildman–Crippen LogP) is 4.43. The fourth-order valence-electron chi connectivity index (χ4n) is 5.45. The highest BCUT2D eigenvalue weighted by molar-refractivity contribution is 5.99.